The maximum absolute atomic E-state index is 12.2. The van der Waals surface area contributed by atoms with Gasteiger partial charge in [-0.05, 0) is 49.4 Å². The molecule has 1 amide bonds. The van der Waals surface area contributed by atoms with Crippen molar-refractivity contribution >= 4 is 39.0 Å². The van der Waals surface area contributed by atoms with Crippen LogP contribution in [0.5, 0.6) is 0 Å². The van der Waals surface area contributed by atoms with Gasteiger partial charge in [-0.3, -0.25) is 4.79 Å². The van der Waals surface area contributed by atoms with Crippen molar-refractivity contribution in [2.75, 3.05) is 10.6 Å². The summed E-state index contributed by atoms with van der Waals surface area (Å²) in [4.78, 5) is 16.5. The number of hydrogen-bond acceptors (Lipinski definition) is 3. The molecular formula is C19H16BrN3O. The van der Waals surface area contributed by atoms with E-state index in [1.807, 2.05) is 55.5 Å². The lowest BCUT2D eigenvalue weighted by molar-refractivity contribution is 0.102. The smallest absolute Gasteiger partial charge is 0.255 e. The van der Waals surface area contributed by atoms with Crippen LogP contribution in [0.1, 0.15) is 15.9 Å². The molecule has 0 aliphatic heterocycles. The second kappa shape index (κ2) is 7.27. The first-order valence-corrected chi connectivity index (χ1v) is 8.26. The fraction of sp³-hybridized carbons (Fsp3) is 0.0526. The van der Waals surface area contributed by atoms with E-state index in [0.717, 1.165) is 16.0 Å². The molecule has 3 aromatic rings. The Labute approximate surface area is 149 Å². The molecule has 0 unspecified atom stereocenters. The Morgan fingerprint density at radius 3 is 2.42 bits per heavy atom. The predicted octanol–water partition coefficient (Wildman–Crippen LogP) is 5.15. The monoisotopic (exact) mass is 381 g/mol. The van der Waals surface area contributed by atoms with E-state index in [-0.39, 0.29) is 5.91 Å². The first-order chi connectivity index (χ1) is 11.6. The molecule has 1 aromatic heterocycles. The summed E-state index contributed by atoms with van der Waals surface area (Å²) in [5.74, 6) is 0.552. The summed E-state index contributed by atoms with van der Waals surface area (Å²) in [6.07, 6.45) is 1.63. The maximum atomic E-state index is 12.2. The first-order valence-electron chi connectivity index (χ1n) is 7.47. The predicted molar refractivity (Wildman–Crippen MR) is 101 cm³/mol. The van der Waals surface area contributed by atoms with Gasteiger partial charge in [0.15, 0.2) is 0 Å². The highest BCUT2D eigenvalue weighted by Gasteiger charge is 2.06. The molecule has 3 rings (SSSR count). The molecule has 1 heterocycles. The van der Waals surface area contributed by atoms with Gasteiger partial charge in [0.25, 0.3) is 5.91 Å². The van der Waals surface area contributed by atoms with E-state index < -0.39 is 0 Å². The van der Waals surface area contributed by atoms with E-state index in [4.69, 9.17) is 0 Å². The molecule has 5 heteroatoms. The zero-order valence-electron chi connectivity index (χ0n) is 13.1. The Kier molecular flexibility index (Phi) is 4.91. The summed E-state index contributed by atoms with van der Waals surface area (Å²) >= 11 is 3.36. The molecule has 0 bridgehead atoms. The number of aryl methyl sites for hydroxylation is 1. The SMILES string of the molecule is Cc1ccc(Nc2ccc(NC(=O)c3cccc(Br)c3)cn2)cc1. The molecular weight excluding hydrogens is 366 g/mol. The van der Waals surface area contributed by atoms with Crippen molar-refractivity contribution in [2.24, 2.45) is 0 Å². The third-order valence-corrected chi connectivity index (χ3v) is 3.93. The molecule has 4 nitrogen and oxygen atoms in total. The van der Waals surface area contributed by atoms with Gasteiger partial charge in [-0.15, -0.1) is 0 Å². The average molecular weight is 382 g/mol. The van der Waals surface area contributed by atoms with Crippen LogP contribution >= 0.6 is 15.9 Å². The quantitative estimate of drug-likeness (QED) is 0.656. The van der Waals surface area contributed by atoms with Crippen molar-refractivity contribution < 1.29 is 4.79 Å². The van der Waals surface area contributed by atoms with Gasteiger partial charge in [0.2, 0.25) is 0 Å². The number of amides is 1. The van der Waals surface area contributed by atoms with Crippen LogP contribution in [-0.2, 0) is 0 Å². The summed E-state index contributed by atoms with van der Waals surface area (Å²) in [6.45, 7) is 2.05. The Bertz CT molecular complexity index is 845. The zero-order chi connectivity index (χ0) is 16.9. The number of carbonyl (C=O) groups excluding carboxylic acids is 1. The van der Waals surface area contributed by atoms with Gasteiger partial charge in [-0.2, -0.15) is 0 Å². The largest absolute Gasteiger partial charge is 0.340 e. The molecule has 2 aromatic carbocycles. The van der Waals surface area contributed by atoms with Crippen LogP contribution in [0.3, 0.4) is 0 Å². The van der Waals surface area contributed by atoms with Crippen molar-refractivity contribution in [3.05, 3.63) is 82.5 Å². The minimum atomic E-state index is -0.169. The number of benzene rings is 2. The molecule has 0 aliphatic rings. The maximum Gasteiger partial charge on any atom is 0.255 e. The number of hydrogen-bond donors (Lipinski definition) is 2. The zero-order valence-corrected chi connectivity index (χ0v) is 14.7. The fourth-order valence-electron chi connectivity index (χ4n) is 2.16. The standard InChI is InChI=1S/C19H16BrN3O/c1-13-5-7-16(8-6-13)22-18-10-9-17(12-21-18)23-19(24)14-3-2-4-15(20)11-14/h2-12H,1H3,(H,21,22)(H,23,24). The van der Waals surface area contributed by atoms with Gasteiger partial charge in [0.05, 0.1) is 11.9 Å². The molecule has 0 saturated carbocycles. The van der Waals surface area contributed by atoms with Gasteiger partial charge in [-0.25, -0.2) is 4.98 Å². The van der Waals surface area contributed by atoms with Crippen molar-refractivity contribution in [2.45, 2.75) is 6.92 Å². The fourth-order valence-corrected chi connectivity index (χ4v) is 2.56. The van der Waals surface area contributed by atoms with E-state index in [0.29, 0.717) is 11.3 Å². The summed E-state index contributed by atoms with van der Waals surface area (Å²) in [6, 6.07) is 19.0. The molecule has 24 heavy (non-hydrogen) atoms. The van der Waals surface area contributed by atoms with Crippen LogP contribution in [0.2, 0.25) is 0 Å². The number of carbonyl (C=O) groups is 1. The van der Waals surface area contributed by atoms with Gasteiger partial charge >= 0.3 is 0 Å². The summed E-state index contributed by atoms with van der Waals surface area (Å²) in [5.41, 5.74) is 3.42. The van der Waals surface area contributed by atoms with E-state index in [2.05, 4.69) is 31.5 Å². The summed E-state index contributed by atoms with van der Waals surface area (Å²) in [5, 5.41) is 6.05. The number of nitrogens with zero attached hydrogens (tertiary/aromatic N) is 1. The number of anilines is 3. The molecule has 0 aliphatic carbocycles. The van der Waals surface area contributed by atoms with Crippen LogP contribution in [0.4, 0.5) is 17.2 Å². The van der Waals surface area contributed by atoms with Gasteiger partial charge in [0.1, 0.15) is 5.82 Å². The number of rotatable bonds is 4. The van der Waals surface area contributed by atoms with Crippen LogP contribution in [0, 0.1) is 6.92 Å². The molecule has 0 radical (unpaired) electrons. The Balaban J connectivity index is 1.66. The lowest BCUT2D eigenvalue weighted by Crippen LogP contribution is -2.12. The topological polar surface area (TPSA) is 54.0 Å². The molecule has 0 atom stereocenters. The van der Waals surface area contributed by atoms with Crippen molar-refractivity contribution in [3.8, 4) is 0 Å². The van der Waals surface area contributed by atoms with E-state index in [9.17, 15) is 4.79 Å². The summed E-state index contributed by atoms with van der Waals surface area (Å²) in [7, 11) is 0. The molecule has 120 valence electrons. The number of aromatic nitrogens is 1. The molecule has 0 spiro atoms. The van der Waals surface area contributed by atoms with Crippen LogP contribution in [0.15, 0.2) is 71.3 Å². The van der Waals surface area contributed by atoms with Crippen molar-refractivity contribution in [1.29, 1.82) is 0 Å². The minimum absolute atomic E-state index is 0.169. The lowest BCUT2D eigenvalue weighted by Gasteiger charge is -2.08. The van der Waals surface area contributed by atoms with Crippen LogP contribution in [-0.4, -0.2) is 10.9 Å². The van der Waals surface area contributed by atoms with Crippen LogP contribution in [0.25, 0.3) is 0 Å². The average Bonchev–Trinajstić information content (AvgIpc) is 2.59. The highest BCUT2D eigenvalue weighted by molar-refractivity contribution is 9.10. The van der Waals surface area contributed by atoms with E-state index >= 15 is 0 Å². The molecule has 2 N–H and O–H groups in total. The van der Waals surface area contributed by atoms with E-state index in [1.165, 1.54) is 5.56 Å². The lowest BCUT2D eigenvalue weighted by atomic mass is 10.2. The highest BCUT2D eigenvalue weighted by atomic mass is 79.9. The second-order valence-electron chi connectivity index (χ2n) is 5.39. The van der Waals surface area contributed by atoms with Gasteiger partial charge in [0, 0.05) is 15.7 Å². The molecule has 0 fully saturated rings. The third-order valence-electron chi connectivity index (χ3n) is 3.43. The van der Waals surface area contributed by atoms with Gasteiger partial charge < -0.3 is 10.6 Å². The first kappa shape index (κ1) is 16.2. The molecule has 0 saturated heterocycles. The third kappa shape index (κ3) is 4.20. The Hall–Kier alpha value is -2.66. The number of halogens is 1. The Morgan fingerprint density at radius 2 is 1.75 bits per heavy atom. The van der Waals surface area contributed by atoms with Crippen molar-refractivity contribution in [3.63, 3.8) is 0 Å². The van der Waals surface area contributed by atoms with Crippen molar-refractivity contribution in [1.82, 2.24) is 4.98 Å². The highest BCUT2D eigenvalue weighted by Crippen LogP contribution is 2.18. The second-order valence-corrected chi connectivity index (χ2v) is 6.30. The minimum Gasteiger partial charge on any atom is -0.340 e. The Morgan fingerprint density at radius 1 is 1.00 bits per heavy atom. The number of pyridine rings is 1. The number of nitrogens with one attached hydrogen (secondary N) is 2. The normalized spacial score (nSPS) is 10.2. The van der Waals surface area contributed by atoms with Gasteiger partial charge in [-0.1, -0.05) is 39.7 Å². The van der Waals surface area contributed by atoms with Crippen LogP contribution < -0.4 is 10.6 Å². The summed E-state index contributed by atoms with van der Waals surface area (Å²) < 4.78 is 0.867. The van der Waals surface area contributed by atoms with E-state index in [1.54, 1.807) is 18.3 Å².